The van der Waals surface area contributed by atoms with E-state index in [-0.39, 0.29) is 10.7 Å². The van der Waals surface area contributed by atoms with Crippen LogP contribution in [0.2, 0.25) is 5.02 Å². The minimum atomic E-state index is 0.0929. The summed E-state index contributed by atoms with van der Waals surface area (Å²) >= 11 is 9.41. The SMILES string of the molecule is Cc1cc(N2CC(Br)CC2=O)c(N)cc1Cl. The van der Waals surface area contributed by atoms with Crippen LogP contribution in [-0.2, 0) is 4.79 Å². The highest BCUT2D eigenvalue weighted by Gasteiger charge is 2.30. The first-order valence-electron chi connectivity index (χ1n) is 4.99. The van der Waals surface area contributed by atoms with Gasteiger partial charge in [0, 0.05) is 22.8 Å². The molecule has 0 aliphatic carbocycles. The summed E-state index contributed by atoms with van der Waals surface area (Å²) in [5.74, 6) is 0.0929. The first-order valence-corrected chi connectivity index (χ1v) is 6.28. The van der Waals surface area contributed by atoms with Crippen LogP contribution in [0.3, 0.4) is 0 Å². The molecule has 3 nitrogen and oxygen atoms in total. The summed E-state index contributed by atoms with van der Waals surface area (Å²) in [7, 11) is 0. The summed E-state index contributed by atoms with van der Waals surface area (Å²) in [6.07, 6.45) is 0.515. The van der Waals surface area contributed by atoms with E-state index in [2.05, 4.69) is 15.9 Å². The van der Waals surface area contributed by atoms with Crippen molar-refractivity contribution in [3.8, 4) is 0 Å². The molecule has 1 amide bonds. The van der Waals surface area contributed by atoms with Gasteiger partial charge in [0.05, 0.1) is 11.4 Å². The number of hydrogen-bond donors (Lipinski definition) is 1. The topological polar surface area (TPSA) is 46.3 Å². The molecule has 1 aromatic carbocycles. The highest BCUT2D eigenvalue weighted by atomic mass is 79.9. The van der Waals surface area contributed by atoms with Crippen LogP contribution in [0.25, 0.3) is 0 Å². The largest absolute Gasteiger partial charge is 0.397 e. The zero-order valence-corrected chi connectivity index (χ0v) is 11.2. The van der Waals surface area contributed by atoms with Crippen molar-refractivity contribution in [2.24, 2.45) is 0 Å². The average molecular weight is 304 g/mol. The molecule has 2 rings (SSSR count). The quantitative estimate of drug-likeness (QED) is 0.640. The number of rotatable bonds is 1. The summed E-state index contributed by atoms with van der Waals surface area (Å²) in [6.45, 7) is 2.56. The van der Waals surface area contributed by atoms with Crippen LogP contribution in [0.15, 0.2) is 12.1 Å². The van der Waals surface area contributed by atoms with Gasteiger partial charge in [0.2, 0.25) is 5.91 Å². The molecule has 0 spiro atoms. The van der Waals surface area contributed by atoms with Gasteiger partial charge in [-0.1, -0.05) is 27.5 Å². The maximum atomic E-state index is 11.7. The molecular formula is C11H12BrClN2O. The van der Waals surface area contributed by atoms with E-state index in [1.165, 1.54) is 0 Å². The molecule has 1 heterocycles. The van der Waals surface area contributed by atoms with Crippen molar-refractivity contribution in [3.05, 3.63) is 22.7 Å². The minimum absolute atomic E-state index is 0.0929. The lowest BCUT2D eigenvalue weighted by Gasteiger charge is -2.19. The van der Waals surface area contributed by atoms with E-state index in [1.54, 1.807) is 11.0 Å². The van der Waals surface area contributed by atoms with E-state index in [1.807, 2.05) is 13.0 Å². The van der Waals surface area contributed by atoms with Crippen LogP contribution in [0.4, 0.5) is 11.4 Å². The van der Waals surface area contributed by atoms with Crippen molar-refractivity contribution in [2.45, 2.75) is 18.2 Å². The standard InChI is InChI=1S/C11H12BrClN2O/c1-6-2-10(9(14)4-8(6)13)15-5-7(12)3-11(15)16/h2,4,7H,3,5,14H2,1H3. The monoisotopic (exact) mass is 302 g/mol. The Balaban J connectivity index is 2.41. The van der Waals surface area contributed by atoms with Crippen molar-refractivity contribution in [1.29, 1.82) is 0 Å². The van der Waals surface area contributed by atoms with Gasteiger partial charge < -0.3 is 10.6 Å². The molecule has 86 valence electrons. The predicted molar refractivity (Wildman–Crippen MR) is 70.3 cm³/mol. The normalized spacial score (nSPS) is 20.6. The van der Waals surface area contributed by atoms with Crippen LogP contribution in [0, 0.1) is 6.92 Å². The molecule has 1 aromatic rings. The molecule has 2 N–H and O–H groups in total. The maximum Gasteiger partial charge on any atom is 0.228 e. The number of carbonyl (C=O) groups is 1. The van der Waals surface area contributed by atoms with E-state index < -0.39 is 0 Å². The predicted octanol–water partition coefficient (Wildman–Crippen LogP) is 2.73. The van der Waals surface area contributed by atoms with E-state index in [4.69, 9.17) is 17.3 Å². The Hall–Kier alpha value is -0.740. The Labute approximate surface area is 108 Å². The van der Waals surface area contributed by atoms with Gasteiger partial charge in [0.15, 0.2) is 0 Å². The first-order chi connectivity index (χ1) is 7.49. The van der Waals surface area contributed by atoms with Gasteiger partial charge in [-0.3, -0.25) is 4.79 Å². The van der Waals surface area contributed by atoms with Crippen molar-refractivity contribution < 1.29 is 4.79 Å². The van der Waals surface area contributed by atoms with Crippen LogP contribution < -0.4 is 10.6 Å². The van der Waals surface area contributed by atoms with Crippen LogP contribution >= 0.6 is 27.5 Å². The van der Waals surface area contributed by atoms with Crippen molar-refractivity contribution in [1.82, 2.24) is 0 Å². The summed E-state index contributed by atoms with van der Waals surface area (Å²) in [6, 6.07) is 3.56. The Morgan fingerprint density at radius 1 is 1.56 bits per heavy atom. The second kappa shape index (κ2) is 4.26. The molecule has 1 atom stereocenters. The maximum absolute atomic E-state index is 11.7. The third kappa shape index (κ3) is 2.04. The molecule has 0 aromatic heterocycles. The van der Waals surface area contributed by atoms with Gasteiger partial charge in [0.25, 0.3) is 0 Å². The molecule has 0 radical (unpaired) electrons. The molecule has 1 saturated heterocycles. The highest BCUT2D eigenvalue weighted by Crippen LogP contribution is 2.33. The Kier molecular flexibility index (Phi) is 3.13. The van der Waals surface area contributed by atoms with Crippen molar-refractivity contribution in [2.75, 3.05) is 17.2 Å². The van der Waals surface area contributed by atoms with Crippen LogP contribution in [0.5, 0.6) is 0 Å². The van der Waals surface area contributed by atoms with Crippen molar-refractivity contribution >= 4 is 44.8 Å². The Morgan fingerprint density at radius 3 is 2.81 bits per heavy atom. The smallest absolute Gasteiger partial charge is 0.228 e. The van der Waals surface area contributed by atoms with Gasteiger partial charge in [-0.05, 0) is 24.6 Å². The lowest BCUT2D eigenvalue weighted by Crippen LogP contribution is -2.25. The molecule has 1 unspecified atom stereocenters. The van der Waals surface area contributed by atoms with E-state index in [0.717, 1.165) is 11.3 Å². The number of hydrogen-bond acceptors (Lipinski definition) is 2. The molecular weight excluding hydrogens is 291 g/mol. The molecule has 1 aliphatic heterocycles. The number of aryl methyl sites for hydroxylation is 1. The van der Waals surface area contributed by atoms with Crippen LogP contribution in [0.1, 0.15) is 12.0 Å². The molecule has 16 heavy (non-hydrogen) atoms. The van der Waals surface area contributed by atoms with E-state index in [0.29, 0.717) is 23.7 Å². The highest BCUT2D eigenvalue weighted by molar-refractivity contribution is 9.09. The first kappa shape index (κ1) is 11.7. The average Bonchev–Trinajstić information content (AvgIpc) is 2.51. The molecule has 0 bridgehead atoms. The van der Waals surface area contributed by atoms with Gasteiger partial charge in [0.1, 0.15) is 0 Å². The number of halogens is 2. The summed E-state index contributed by atoms with van der Waals surface area (Å²) < 4.78 is 0. The Bertz CT molecular complexity index is 450. The zero-order chi connectivity index (χ0) is 11.9. The molecule has 1 fully saturated rings. The zero-order valence-electron chi connectivity index (χ0n) is 8.84. The fourth-order valence-electron chi connectivity index (χ4n) is 1.81. The van der Waals surface area contributed by atoms with Gasteiger partial charge in [-0.25, -0.2) is 0 Å². The molecule has 0 saturated carbocycles. The number of amides is 1. The number of benzene rings is 1. The van der Waals surface area contributed by atoms with Crippen molar-refractivity contribution in [3.63, 3.8) is 0 Å². The third-order valence-electron chi connectivity index (χ3n) is 2.68. The second-order valence-corrected chi connectivity index (χ2v) is 5.67. The Morgan fingerprint density at radius 2 is 2.25 bits per heavy atom. The molecule has 1 aliphatic rings. The van der Waals surface area contributed by atoms with Crippen LogP contribution in [-0.4, -0.2) is 17.3 Å². The number of nitrogen functional groups attached to an aromatic ring is 1. The summed E-state index contributed by atoms with van der Waals surface area (Å²) in [4.78, 5) is 13.7. The number of nitrogens with two attached hydrogens (primary N) is 1. The number of anilines is 2. The minimum Gasteiger partial charge on any atom is -0.397 e. The summed E-state index contributed by atoms with van der Waals surface area (Å²) in [5.41, 5.74) is 8.12. The fraction of sp³-hybridized carbons (Fsp3) is 0.364. The lowest BCUT2D eigenvalue weighted by molar-refractivity contribution is -0.117. The molecule has 5 heteroatoms. The lowest BCUT2D eigenvalue weighted by atomic mass is 10.2. The van der Waals surface area contributed by atoms with Gasteiger partial charge in [-0.2, -0.15) is 0 Å². The van der Waals surface area contributed by atoms with Gasteiger partial charge >= 0.3 is 0 Å². The second-order valence-electron chi connectivity index (χ2n) is 3.97. The fourth-order valence-corrected chi connectivity index (χ4v) is 2.55. The number of alkyl halides is 1. The van der Waals surface area contributed by atoms with E-state index in [9.17, 15) is 4.79 Å². The third-order valence-corrected chi connectivity index (χ3v) is 3.70. The summed E-state index contributed by atoms with van der Waals surface area (Å²) in [5, 5.41) is 0.628. The van der Waals surface area contributed by atoms with E-state index >= 15 is 0 Å². The van der Waals surface area contributed by atoms with Gasteiger partial charge in [-0.15, -0.1) is 0 Å². The number of nitrogens with zero attached hydrogens (tertiary/aromatic N) is 1. The number of carbonyl (C=O) groups excluding carboxylic acids is 1.